The summed E-state index contributed by atoms with van der Waals surface area (Å²) in [5.41, 5.74) is -2.40. The van der Waals surface area contributed by atoms with Crippen molar-refractivity contribution in [3.63, 3.8) is 0 Å². The lowest BCUT2D eigenvalue weighted by Crippen LogP contribution is -2.59. The Labute approximate surface area is 126 Å². The van der Waals surface area contributed by atoms with Crippen LogP contribution in [0, 0.1) is 12.3 Å². The summed E-state index contributed by atoms with van der Waals surface area (Å²) in [5.74, 6) is 1.05. The van der Waals surface area contributed by atoms with E-state index in [2.05, 4.69) is 11.2 Å². The van der Waals surface area contributed by atoms with E-state index in [0.29, 0.717) is 0 Å². The quantitative estimate of drug-likeness (QED) is 0.782. The Morgan fingerprint density at radius 1 is 1.41 bits per heavy atom. The van der Waals surface area contributed by atoms with Gasteiger partial charge in [-0.1, -0.05) is 5.92 Å². The van der Waals surface area contributed by atoms with Crippen LogP contribution < -0.4 is 5.32 Å². The lowest BCUT2D eigenvalue weighted by Gasteiger charge is -2.46. The second kappa shape index (κ2) is 5.36. The molecule has 2 rings (SSSR count). The Balaban J connectivity index is 2.53. The number of carbonyl (C=O) groups is 1. The van der Waals surface area contributed by atoms with E-state index in [4.69, 9.17) is 6.42 Å². The van der Waals surface area contributed by atoms with Gasteiger partial charge < -0.3 is 10.0 Å². The number of carboxylic acids is 1. The minimum absolute atomic E-state index is 0.0106. The van der Waals surface area contributed by atoms with Crippen LogP contribution in [-0.4, -0.2) is 39.9 Å². The van der Waals surface area contributed by atoms with E-state index in [9.17, 15) is 23.1 Å². The first-order valence-electron chi connectivity index (χ1n) is 6.83. The third-order valence-corrected chi connectivity index (χ3v) is 3.70. The second-order valence-corrected chi connectivity index (χ2v) is 5.89. The van der Waals surface area contributed by atoms with Crippen LogP contribution in [0.2, 0.25) is 0 Å². The minimum atomic E-state index is -4.63. The zero-order valence-corrected chi connectivity index (χ0v) is 12.2. The summed E-state index contributed by atoms with van der Waals surface area (Å²) in [6, 6.07) is 0.0106. The largest absolute Gasteiger partial charge is 0.478 e. The molecule has 1 fully saturated rings. The highest BCUT2D eigenvalue weighted by atomic mass is 19.4. The number of nitrogens with zero attached hydrogens (tertiary/aromatic N) is 1. The van der Waals surface area contributed by atoms with Gasteiger partial charge in [0.2, 0.25) is 0 Å². The molecule has 0 radical (unpaired) electrons. The molecule has 1 aliphatic heterocycles. The van der Waals surface area contributed by atoms with Crippen LogP contribution in [0.15, 0.2) is 23.4 Å². The highest BCUT2D eigenvalue weighted by molar-refractivity contribution is 5.89. The number of rotatable bonds is 4. The van der Waals surface area contributed by atoms with Crippen LogP contribution in [0.1, 0.15) is 26.7 Å². The number of terminal acetylenes is 1. The van der Waals surface area contributed by atoms with Crippen LogP contribution in [0.3, 0.4) is 0 Å². The summed E-state index contributed by atoms with van der Waals surface area (Å²) in [6.45, 7) is 2.91. The summed E-state index contributed by atoms with van der Waals surface area (Å²) >= 11 is 0. The molecule has 0 spiro atoms. The molecule has 22 heavy (non-hydrogen) atoms. The van der Waals surface area contributed by atoms with Crippen molar-refractivity contribution in [1.82, 2.24) is 10.2 Å². The van der Waals surface area contributed by atoms with Gasteiger partial charge in [-0.25, -0.2) is 4.79 Å². The highest BCUT2D eigenvalue weighted by Gasteiger charge is 2.49. The molecule has 1 unspecified atom stereocenters. The van der Waals surface area contributed by atoms with Crippen molar-refractivity contribution in [2.24, 2.45) is 0 Å². The van der Waals surface area contributed by atoms with E-state index in [0.717, 1.165) is 29.9 Å². The lowest BCUT2D eigenvalue weighted by atomic mass is 9.96. The van der Waals surface area contributed by atoms with Gasteiger partial charge in [-0.3, -0.25) is 5.32 Å². The standard InChI is InChI=1S/C15H17F3N2O2/c1-4-14(2,3)20-11(15(16,17)18)8-7-10(13(21)22)12(20)19-9-5-6-9/h1,7-9,12,19H,5-6H2,2-3H3,(H,21,22). The molecule has 0 bridgehead atoms. The number of carboxylic acid groups (broad SMARTS) is 1. The zero-order valence-electron chi connectivity index (χ0n) is 12.2. The fourth-order valence-corrected chi connectivity index (χ4v) is 2.37. The molecule has 7 heteroatoms. The van der Waals surface area contributed by atoms with Crippen molar-refractivity contribution < 1.29 is 23.1 Å². The molecule has 1 saturated carbocycles. The van der Waals surface area contributed by atoms with Gasteiger partial charge in [0.05, 0.1) is 11.1 Å². The van der Waals surface area contributed by atoms with Gasteiger partial charge >= 0.3 is 12.1 Å². The van der Waals surface area contributed by atoms with Crippen LogP contribution in [0.4, 0.5) is 13.2 Å². The van der Waals surface area contributed by atoms with Crippen molar-refractivity contribution in [2.75, 3.05) is 0 Å². The van der Waals surface area contributed by atoms with E-state index < -0.39 is 29.5 Å². The number of hydrogen-bond acceptors (Lipinski definition) is 3. The van der Waals surface area contributed by atoms with E-state index in [1.807, 2.05) is 0 Å². The van der Waals surface area contributed by atoms with Gasteiger partial charge in [0, 0.05) is 6.04 Å². The van der Waals surface area contributed by atoms with Gasteiger partial charge in [-0.15, -0.1) is 6.42 Å². The SMILES string of the molecule is C#CC(C)(C)N1C(C(F)(F)F)=CC=C(C(=O)O)C1NC1CC1. The van der Waals surface area contributed by atoms with Crippen LogP contribution in [0.25, 0.3) is 0 Å². The van der Waals surface area contributed by atoms with Gasteiger partial charge in [0.25, 0.3) is 0 Å². The Morgan fingerprint density at radius 3 is 2.41 bits per heavy atom. The first kappa shape index (κ1) is 16.4. The first-order valence-corrected chi connectivity index (χ1v) is 6.83. The van der Waals surface area contributed by atoms with Gasteiger partial charge in [-0.2, -0.15) is 13.2 Å². The molecule has 4 nitrogen and oxygen atoms in total. The molecule has 2 N–H and O–H groups in total. The van der Waals surface area contributed by atoms with E-state index in [-0.39, 0.29) is 11.6 Å². The fourth-order valence-electron chi connectivity index (χ4n) is 2.37. The number of alkyl halides is 3. The molecular weight excluding hydrogens is 297 g/mol. The van der Waals surface area contributed by atoms with Crippen molar-refractivity contribution in [3.8, 4) is 12.3 Å². The van der Waals surface area contributed by atoms with Gasteiger partial charge in [0.1, 0.15) is 11.9 Å². The average molecular weight is 314 g/mol. The predicted octanol–water partition coefficient (Wildman–Crippen LogP) is 2.25. The minimum Gasteiger partial charge on any atom is -0.478 e. The van der Waals surface area contributed by atoms with Gasteiger partial charge in [-0.05, 0) is 38.8 Å². The Kier molecular flexibility index (Phi) is 4.00. The topological polar surface area (TPSA) is 52.6 Å². The maximum absolute atomic E-state index is 13.3. The van der Waals surface area contributed by atoms with Gasteiger partial charge in [0.15, 0.2) is 0 Å². The second-order valence-electron chi connectivity index (χ2n) is 5.89. The molecular formula is C15H17F3N2O2. The smallest absolute Gasteiger partial charge is 0.431 e. The molecule has 1 aliphatic carbocycles. The van der Waals surface area contributed by atoms with E-state index in [1.165, 1.54) is 13.8 Å². The summed E-state index contributed by atoms with van der Waals surface area (Å²) in [6.07, 6.45) is 3.03. The van der Waals surface area contributed by atoms with E-state index in [1.54, 1.807) is 0 Å². The molecule has 0 aromatic rings. The summed E-state index contributed by atoms with van der Waals surface area (Å²) in [5, 5.41) is 12.2. The number of allylic oxidation sites excluding steroid dienone is 3. The molecule has 0 aromatic carbocycles. The maximum Gasteiger partial charge on any atom is 0.431 e. The predicted molar refractivity (Wildman–Crippen MR) is 74.6 cm³/mol. The Hall–Kier alpha value is -1.94. The molecule has 0 aromatic heterocycles. The number of nitrogens with one attached hydrogen (secondary N) is 1. The molecule has 1 atom stereocenters. The number of halogens is 3. The molecule has 120 valence electrons. The summed E-state index contributed by atoms with van der Waals surface area (Å²) in [7, 11) is 0. The molecule has 0 amide bonds. The third-order valence-electron chi connectivity index (χ3n) is 3.70. The highest BCUT2D eigenvalue weighted by Crippen LogP contribution is 2.39. The average Bonchev–Trinajstić information content (AvgIpc) is 3.20. The van der Waals surface area contributed by atoms with Crippen molar-refractivity contribution >= 4 is 5.97 Å². The monoisotopic (exact) mass is 314 g/mol. The Morgan fingerprint density at radius 2 is 2.00 bits per heavy atom. The number of hydrogen-bond donors (Lipinski definition) is 2. The lowest BCUT2D eigenvalue weighted by molar-refractivity contribution is -0.137. The zero-order chi connectivity index (χ0) is 16.7. The number of aliphatic carboxylic acids is 1. The molecule has 1 heterocycles. The molecule has 0 saturated heterocycles. The van der Waals surface area contributed by atoms with Crippen molar-refractivity contribution in [1.29, 1.82) is 0 Å². The van der Waals surface area contributed by atoms with Crippen molar-refractivity contribution in [2.45, 2.75) is 50.6 Å². The van der Waals surface area contributed by atoms with E-state index >= 15 is 0 Å². The Bertz CT molecular complexity index is 581. The third kappa shape index (κ3) is 3.12. The first-order chi connectivity index (χ1) is 10.1. The maximum atomic E-state index is 13.3. The van der Waals surface area contributed by atoms with Crippen LogP contribution in [0.5, 0.6) is 0 Å². The normalized spacial score (nSPS) is 22.7. The van der Waals surface area contributed by atoms with Crippen LogP contribution >= 0.6 is 0 Å². The van der Waals surface area contributed by atoms with Crippen LogP contribution in [-0.2, 0) is 4.79 Å². The fraction of sp³-hybridized carbons (Fsp3) is 0.533. The molecule has 2 aliphatic rings. The summed E-state index contributed by atoms with van der Waals surface area (Å²) < 4.78 is 40.0. The summed E-state index contributed by atoms with van der Waals surface area (Å²) in [4.78, 5) is 12.3. The van der Waals surface area contributed by atoms with Crippen molar-refractivity contribution in [3.05, 3.63) is 23.4 Å².